The largest absolute Gasteiger partial charge is 0.416 e. The van der Waals surface area contributed by atoms with Crippen molar-refractivity contribution in [3.8, 4) is 0 Å². The fraction of sp³-hybridized carbons (Fsp3) is 0.391. The summed E-state index contributed by atoms with van der Waals surface area (Å²) in [7, 11) is 1.74. The normalized spacial score (nSPS) is 13.2. The van der Waals surface area contributed by atoms with Gasteiger partial charge < -0.3 is 25.3 Å². The first-order valence-corrected chi connectivity index (χ1v) is 10.5. The van der Waals surface area contributed by atoms with Crippen LogP contribution in [0.1, 0.15) is 18.1 Å². The zero-order valence-electron chi connectivity index (χ0n) is 18.7. The van der Waals surface area contributed by atoms with Gasteiger partial charge in [-0.2, -0.15) is 13.2 Å². The minimum atomic E-state index is -4.48. The lowest BCUT2D eigenvalue weighted by Crippen LogP contribution is -2.51. The van der Waals surface area contributed by atoms with Crippen molar-refractivity contribution in [2.24, 2.45) is 0 Å². The summed E-state index contributed by atoms with van der Waals surface area (Å²) in [5, 5.41) is 22.6. The summed E-state index contributed by atoms with van der Waals surface area (Å²) in [5.41, 5.74) is 0.217. The highest BCUT2D eigenvalue weighted by atomic mass is 19.4. The Hall–Kier alpha value is -3.18. The number of alkyl halides is 3. The van der Waals surface area contributed by atoms with Gasteiger partial charge in [-0.25, -0.2) is 4.39 Å². The Morgan fingerprint density at radius 2 is 1.56 bits per heavy atom. The van der Waals surface area contributed by atoms with Gasteiger partial charge in [0.2, 0.25) is 0 Å². The van der Waals surface area contributed by atoms with Gasteiger partial charge in [0.1, 0.15) is 5.82 Å². The van der Waals surface area contributed by atoms with Crippen molar-refractivity contribution in [3.63, 3.8) is 0 Å². The Balaban J connectivity index is 1.88. The summed E-state index contributed by atoms with van der Waals surface area (Å²) in [4.78, 5) is 27.8. The van der Waals surface area contributed by atoms with E-state index in [0.29, 0.717) is 17.8 Å². The van der Waals surface area contributed by atoms with Crippen LogP contribution in [0.15, 0.2) is 48.5 Å². The van der Waals surface area contributed by atoms with Gasteiger partial charge in [-0.1, -0.05) is 12.1 Å². The molecule has 0 aliphatic rings. The number of aliphatic hydroxyl groups excluding tert-OH is 2. The van der Waals surface area contributed by atoms with Crippen molar-refractivity contribution in [1.29, 1.82) is 0 Å². The number of nitrogens with one attached hydrogen (secondary N) is 1. The van der Waals surface area contributed by atoms with Gasteiger partial charge >= 0.3 is 6.18 Å². The molecule has 34 heavy (non-hydrogen) atoms. The maximum atomic E-state index is 13.1. The van der Waals surface area contributed by atoms with Crippen molar-refractivity contribution in [2.45, 2.75) is 31.9 Å². The lowest BCUT2D eigenvalue weighted by atomic mass is 10.1. The summed E-state index contributed by atoms with van der Waals surface area (Å²) >= 11 is 0. The monoisotopic (exact) mass is 485 g/mol. The molecule has 0 spiro atoms. The standard InChI is InChI=1S/C23H27F4N3O4/c1-3-30(13-12-29(2)18-10-8-17(24)9-11-18)22(34)20(32)19(31)21(33)28-14-15-4-6-16(7-5-15)23(25,26)27/h4-11,19-20,31-32H,3,12-14H2,1-2H3,(H,28,33)/t19-,20-/m1/s1. The fourth-order valence-corrected chi connectivity index (χ4v) is 3.09. The maximum Gasteiger partial charge on any atom is 0.416 e. The number of likely N-dealkylation sites (N-methyl/N-ethyl adjacent to an activating group) is 2. The third-order valence-electron chi connectivity index (χ3n) is 5.23. The van der Waals surface area contributed by atoms with Gasteiger partial charge in [0.15, 0.2) is 12.2 Å². The third kappa shape index (κ3) is 7.42. The van der Waals surface area contributed by atoms with E-state index in [1.165, 1.54) is 29.2 Å². The molecule has 3 N–H and O–H groups in total. The van der Waals surface area contributed by atoms with Crippen molar-refractivity contribution in [2.75, 3.05) is 31.6 Å². The van der Waals surface area contributed by atoms with E-state index in [-0.39, 0.29) is 25.5 Å². The van der Waals surface area contributed by atoms with E-state index in [4.69, 9.17) is 0 Å². The number of hydrogen-bond donors (Lipinski definition) is 3. The van der Waals surface area contributed by atoms with Gasteiger partial charge in [0.25, 0.3) is 11.8 Å². The van der Waals surface area contributed by atoms with Crippen LogP contribution in [0.3, 0.4) is 0 Å². The van der Waals surface area contributed by atoms with Gasteiger partial charge in [0, 0.05) is 38.9 Å². The number of anilines is 1. The zero-order chi connectivity index (χ0) is 25.5. The molecule has 186 valence electrons. The number of hydrogen-bond acceptors (Lipinski definition) is 5. The lowest BCUT2D eigenvalue weighted by Gasteiger charge is -2.28. The number of benzene rings is 2. The van der Waals surface area contributed by atoms with Crippen LogP contribution in [-0.2, 0) is 22.3 Å². The first kappa shape index (κ1) is 27.1. The van der Waals surface area contributed by atoms with Crippen molar-refractivity contribution in [3.05, 3.63) is 65.5 Å². The fourth-order valence-electron chi connectivity index (χ4n) is 3.09. The van der Waals surface area contributed by atoms with E-state index >= 15 is 0 Å². The van der Waals surface area contributed by atoms with Crippen LogP contribution >= 0.6 is 0 Å². The van der Waals surface area contributed by atoms with Crippen LogP contribution < -0.4 is 10.2 Å². The first-order chi connectivity index (χ1) is 15.9. The second kappa shape index (κ2) is 11.8. The number of carbonyl (C=O) groups is 2. The van der Waals surface area contributed by atoms with Crippen LogP contribution in [-0.4, -0.2) is 65.8 Å². The molecule has 2 atom stereocenters. The molecule has 7 nitrogen and oxygen atoms in total. The molecule has 0 aliphatic heterocycles. The van der Waals surface area contributed by atoms with E-state index in [1.807, 2.05) is 0 Å². The summed E-state index contributed by atoms with van der Waals surface area (Å²) in [6.07, 6.45) is -8.57. The number of nitrogens with zero attached hydrogens (tertiary/aromatic N) is 2. The average molecular weight is 485 g/mol. The Morgan fingerprint density at radius 1 is 0.971 bits per heavy atom. The second-order valence-electron chi connectivity index (χ2n) is 7.62. The van der Waals surface area contributed by atoms with E-state index in [9.17, 15) is 37.4 Å². The van der Waals surface area contributed by atoms with Gasteiger partial charge in [-0.3, -0.25) is 9.59 Å². The molecule has 11 heteroatoms. The predicted molar refractivity (Wildman–Crippen MR) is 117 cm³/mol. The molecule has 0 saturated carbocycles. The molecule has 0 fully saturated rings. The number of aliphatic hydroxyl groups is 2. The molecule has 2 rings (SSSR count). The quantitative estimate of drug-likeness (QED) is 0.449. The summed E-state index contributed by atoms with van der Waals surface area (Å²) in [6, 6.07) is 9.83. The van der Waals surface area contributed by atoms with E-state index in [2.05, 4.69) is 5.32 Å². The third-order valence-corrected chi connectivity index (χ3v) is 5.23. The van der Waals surface area contributed by atoms with Gasteiger partial charge in [0.05, 0.1) is 5.56 Å². The van der Waals surface area contributed by atoms with E-state index in [1.54, 1.807) is 31.0 Å². The molecule has 0 aromatic heterocycles. The lowest BCUT2D eigenvalue weighted by molar-refractivity contribution is -0.152. The Labute approximate surface area is 194 Å². The smallest absolute Gasteiger partial charge is 0.380 e. The minimum Gasteiger partial charge on any atom is -0.380 e. The summed E-state index contributed by atoms with van der Waals surface area (Å²) in [6.45, 7) is 2.18. The molecule has 0 radical (unpaired) electrons. The van der Waals surface area contributed by atoms with Crippen LogP contribution in [0.5, 0.6) is 0 Å². The van der Waals surface area contributed by atoms with E-state index < -0.39 is 35.8 Å². The number of amides is 2. The molecule has 0 bridgehead atoms. The number of halogens is 4. The van der Waals surface area contributed by atoms with Crippen LogP contribution in [0.4, 0.5) is 23.2 Å². The molecule has 2 amide bonds. The Kier molecular flexibility index (Phi) is 9.39. The van der Waals surface area contributed by atoms with Crippen LogP contribution in [0, 0.1) is 5.82 Å². The highest BCUT2D eigenvalue weighted by Crippen LogP contribution is 2.29. The zero-order valence-corrected chi connectivity index (χ0v) is 18.7. The minimum absolute atomic E-state index is 0.167. The van der Waals surface area contributed by atoms with Crippen molar-refractivity contribution >= 4 is 17.5 Å². The maximum absolute atomic E-state index is 13.1. The predicted octanol–water partition coefficient (Wildman–Crippen LogP) is 2.17. The molecule has 0 aliphatic carbocycles. The summed E-state index contributed by atoms with van der Waals surface area (Å²) in [5.74, 6) is -2.27. The summed E-state index contributed by atoms with van der Waals surface area (Å²) < 4.78 is 50.9. The van der Waals surface area contributed by atoms with Crippen LogP contribution in [0.25, 0.3) is 0 Å². The molecule has 2 aromatic rings. The number of rotatable bonds is 10. The van der Waals surface area contributed by atoms with E-state index in [0.717, 1.165) is 12.1 Å². The van der Waals surface area contributed by atoms with Crippen molar-refractivity contribution in [1.82, 2.24) is 10.2 Å². The Bertz CT molecular complexity index is 952. The SMILES string of the molecule is CCN(CCN(C)c1ccc(F)cc1)C(=O)[C@H](O)[C@@H](O)C(=O)NCc1ccc(C(F)(F)F)cc1. The molecule has 0 unspecified atom stereocenters. The highest BCUT2D eigenvalue weighted by Gasteiger charge is 2.33. The van der Waals surface area contributed by atoms with Gasteiger partial charge in [-0.15, -0.1) is 0 Å². The molecule has 2 aromatic carbocycles. The highest BCUT2D eigenvalue weighted by molar-refractivity contribution is 5.90. The second-order valence-corrected chi connectivity index (χ2v) is 7.62. The molecule has 0 saturated heterocycles. The van der Waals surface area contributed by atoms with Crippen molar-refractivity contribution < 1.29 is 37.4 Å². The van der Waals surface area contributed by atoms with Gasteiger partial charge in [-0.05, 0) is 48.9 Å². The topological polar surface area (TPSA) is 93.1 Å². The Morgan fingerprint density at radius 3 is 2.09 bits per heavy atom. The molecular weight excluding hydrogens is 458 g/mol. The average Bonchev–Trinajstić information content (AvgIpc) is 2.81. The molecular formula is C23H27F4N3O4. The van der Waals surface area contributed by atoms with Crippen LogP contribution in [0.2, 0.25) is 0 Å². The molecule has 0 heterocycles. The number of carbonyl (C=O) groups excluding carboxylic acids is 2. The first-order valence-electron chi connectivity index (χ1n) is 10.5.